The Bertz CT molecular complexity index is 567. The molecule has 0 aromatic heterocycles. The molecule has 0 heterocycles. The molecule has 0 amide bonds. The van der Waals surface area contributed by atoms with Crippen LogP contribution in [0.25, 0.3) is 0 Å². The van der Waals surface area contributed by atoms with Gasteiger partial charge < -0.3 is 9.47 Å². The lowest BCUT2D eigenvalue weighted by Gasteiger charge is -2.03. The maximum Gasteiger partial charge on any atom is 0.349 e. The highest BCUT2D eigenvalue weighted by Gasteiger charge is 2.17. The molecule has 0 aliphatic carbocycles. The minimum Gasteiger partial charge on any atom is -0.465 e. The molecule has 1 aromatic rings. The normalized spacial score (nSPS) is 10.3. The highest BCUT2D eigenvalue weighted by Crippen LogP contribution is 2.25. The predicted octanol–water partition coefficient (Wildman–Crippen LogP) is 1.65. The van der Waals surface area contributed by atoms with Gasteiger partial charge in [0.15, 0.2) is 0 Å². The zero-order chi connectivity index (χ0) is 15.1. The molecule has 0 spiro atoms. The molecule has 0 bridgehead atoms. The Morgan fingerprint density at radius 1 is 1.45 bits per heavy atom. The standard InChI is InChI=1S/C12H12N2O6/c1-3-20-11(15)7-13-10-5-4-8(14(17)18)6-9(10)12(16)19-2/h4-7H,3H2,1-2H3/b13-7-. The summed E-state index contributed by atoms with van der Waals surface area (Å²) < 4.78 is 9.15. The van der Waals surface area contributed by atoms with Gasteiger partial charge >= 0.3 is 11.9 Å². The van der Waals surface area contributed by atoms with Crippen molar-refractivity contribution in [3.8, 4) is 0 Å². The number of hydrogen-bond donors (Lipinski definition) is 0. The molecule has 1 aromatic carbocycles. The fourth-order valence-corrected chi connectivity index (χ4v) is 1.33. The second-order valence-corrected chi connectivity index (χ2v) is 3.46. The monoisotopic (exact) mass is 280 g/mol. The molecule has 0 atom stereocenters. The van der Waals surface area contributed by atoms with E-state index in [0.717, 1.165) is 19.4 Å². The number of nitro benzene ring substituents is 1. The topological polar surface area (TPSA) is 108 Å². The zero-order valence-corrected chi connectivity index (χ0v) is 10.9. The Hall–Kier alpha value is -2.77. The number of aliphatic imine (C=N–C) groups is 1. The van der Waals surface area contributed by atoms with Crippen LogP contribution >= 0.6 is 0 Å². The van der Waals surface area contributed by atoms with Gasteiger partial charge in [0.25, 0.3) is 5.69 Å². The number of hydrogen-bond acceptors (Lipinski definition) is 7. The average molecular weight is 280 g/mol. The Balaban J connectivity index is 3.15. The van der Waals surface area contributed by atoms with E-state index < -0.39 is 16.9 Å². The fourth-order valence-electron chi connectivity index (χ4n) is 1.33. The molecule has 106 valence electrons. The van der Waals surface area contributed by atoms with Crippen molar-refractivity contribution >= 4 is 29.5 Å². The second kappa shape index (κ2) is 6.98. The van der Waals surface area contributed by atoms with Crippen molar-refractivity contribution in [3.63, 3.8) is 0 Å². The summed E-state index contributed by atoms with van der Waals surface area (Å²) in [7, 11) is 1.14. The SMILES string of the molecule is CCOC(=O)/C=N\c1ccc([N+](=O)[O-])cc1C(=O)OC. The smallest absolute Gasteiger partial charge is 0.349 e. The van der Waals surface area contributed by atoms with Gasteiger partial charge in [0.1, 0.15) is 6.21 Å². The summed E-state index contributed by atoms with van der Waals surface area (Å²) in [6.45, 7) is 1.83. The van der Waals surface area contributed by atoms with Crippen molar-refractivity contribution < 1.29 is 24.0 Å². The van der Waals surface area contributed by atoms with Crippen LogP contribution < -0.4 is 0 Å². The molecule has 0 aliphatic heterocycles. The first kappa shape index (κ1) is 15.3. The number of ether oxygens (including phenoxy) is 2. The van der Waals surface area contributed by atoms with Gasteiger partial charge in [0, 0.05) is 12.1 Å². The lowest BCUT2D eigenvalue weighted by Crippen LogP contribution is -2.06. The Kier molecular flexibility index (Phi) is 5.33. The molecule has 0 radical (unpaired) electrons. The molecular weight excluding hydrogens is 268 g/mol. The van der Waals surface area contributed by atoms with Crippen molar-refractivity contribution in [1.29, 1.82) is 0 Å². The van der Waals surface area contributed by atoms with E-state index in [-0.39, 0.29) is 23.5 Å². The third-order valence-electron chi connectivity index (χ3n) is 2.19. The van der Waals surface area contributed by atoms with Gasteiger partial charge in [-0.25, -0.2) is 14.6 Å². The lowest BCUT2D eigenvalue weighted by atomic mass is 10.1. The quantitative estimate of drug-likeness (QED) is 0.351. The number of benzene rings is 1. The van der Waals surface area contributed by atoms with E-state index in [1.54, 1.807) is 6.92 Å². The minimum absolute atomic E-state index is 0.0792. The molecule has 8 nitrogen and oxygen atoms in total. The van der Waals surface area contributed by atoms with Crippen LogP contribution in [0, 0.1) is 10.1 Å². The summed E-state index contributed by atoms with van der Waals surface area (Å²) in [5.41, 5.74) is -0.307. The number of non-ortho nitro benzene ring substituents is 1. The molecule has 0 saturated carbocycles. The number of esters is 2. The molecule has 1 rings (SSSR count). The number of nitrogens with zero attached hydrogens (tertiary/aromatic N) is 2. The number of carbonyl (C=O) groups is 2. The van der Waals surface area contributed by atoms with Crippen LogP contribution in [0.3, 0.4) is 0 Å². The largest absolute Gasteiger partial charge is 0.465 e. The zero-order valence-electron chi connectivity index (χ0n) is 10.9. The minimum atomic E-state index is -0.787. The van der Waals surface area contributed by atoms with E-state index in [2.05, 4.69) is 14.5 Å². The molecule has 0 fully saturated rings. The number of nitro groups is 1. The van der Waals surface area contributed by atoms with Gasteiger partial charge in [-0.3, -0.25) is 10.1 Å². The summed E-state index contributed by atoms with van der Waals surface area (Å²) in [5, 5.41) is 10.7. The van der Waals surface area contributed by atoms with E-state index in [0.29, 0.717) is 0 Å². The van der Waals surface area contributed by atoms with Crippen molar-refractivity contribution in [3.05, 3.63) is 33.9 Å². The number of methoxy groups -OCH3 is 1. The van der Waals surface area contributed by atoms with Crippen molar-refractivity contribution in [2.24, 2.45) is 4.99 Å². The highest BCUT2D eigenvalue weighted by atomic mass is 16.6. The first-order chi connectivity index (χ1) is 9.49. The predicted molar refractivity (Wildman–Crippen MR) is 69.2 cm³/mol. The van der Waals surface area contributed by atoms with E-state index in [1.165, 1.54) is 12.1 Å². The van der Waals surface area contributed by atoms with Crippen molar-refractivity contribution in [1.82, 2.24) is 0 Å². The van der Waals surface area contributed by atoms with E-state index >= 15 is 0 Å². The van der Waals surface area contributed by atoms with E-state index in [1.807, 2.05) is 0 Å². The maximum absolute atomic E-state index is 11.5. The lowest BCUT2D eigenvalue weighted by molar-refractivity contribution is -0.384. The first-order valence-electron chi connectivity index (χ1n) is 5.57. The molecule has 0 saturated heterocycles. The average Bonchev–Trinajstić information content (AvgIpc) is 2.44. The highest BCUT2D eigenvalue weighted by molar-refractivity contribution is 6.24. The molecule has 8 heteroatoms. The summed E-state index contributed by atoms with van der Waals surface area (Å²) in [4.78, 5) is 36.5. The molecule has 0 aliphatic rings. The summed E-state index contributed by atoms with van der Waals surface area (Å²) in [5.74, 6) is -1.47. The third kappa shape index (κ3) is 3.87. The van der Waals surface area contributed by atoms with Crippen molar-refractivity contribution in [2.75, 3.05) is 13.7 Å². The van der Waals surface area contributed by atoms with Gasteiger partial charge in [-0.1, -0.05) is 0 Å². The van der Waals surface area contributed by atoms with Crippen LogP contribution in [0.2, 0.25) is 0 Å². The Morgan fingerprint density at radius 2 is 2.15 bits per heavy atom. The molecular formula is C12H12N2O6. The van der Waals surface area contributed by atoms with Gasteiger partial charge in [0.2, 0.25) is 0 Å². The first-order valence-corrected chi connectivity index (χ1v) is 5.57. The van der Waals surface area contributed by atoms with Crippen LogP contribution in [-0.2, 0) is 14.3 Å². The van der Waals surface area contributed by atoms with Crippen LogP contribution in [0.4, 0.5) is 11.4 Å². The Morgan fingerprint density at radius 3 is 2.70 bits per heavy atom. The summed E-state index contributed by atoms with van der Waals surface area (Å²) >= 11 is 0. The van der Waals surface area contributed by atoms with Gasteiger partial charge in [-0.2, -0.15) is 0 Å². The van der Waals surface area contributed by atoms with Gasteiger partial charge in [-0.15, -0.1) is 0 Å². The van der Waals surface area contributed by atoms with E-state index in [4.69, 9.17) is 0 Å². The maximum atomic E-state index is 11.5. The fraction of sp³-hybridized carbons (Fsp3) is 0.250. The van der Waals surface area contributed by atoms with Crippen LogP contribution in [-0.4, -0.2) is 36.8 Å². The van der Waals surface area contributed by atoms with E-state index in [9.17, 15) is 19.7 Å². The summed E-state index contributed by atoms with van der Waals surface area (Å²) in [6.07, 6.45) is 0.886. The van der Waals surface area contributed by atoms with Crippen LogP contribution in [0.5, 0.6) is 0 Å². The van der Waals surface area contributed by atoms with Crippen LogP contribution in [0.15, 0.2) is 23.2 Å². The van der Waals surface area contributed by atoms with Crippen molar-refractivity contribution in [2.45, 2.75) is 6.92 Å². The third-order valence-corrected chi connectivity index (χ3v) is 2.19. The second-order valence-electron chi connectivity index (χ2n) is 3.46. The molecule has 0 unspecified atom stereocenters. The Labute approximate surface area is 114 Å². The van der Waals surface area contributed by atoms with Gasteiger partial charge in [-0.05, 0) is 13.0 Å². The summed E-state index contributed by atoms with van der Waals surface area (Å²) in [6, 6.07) is 3.45. The number of carbonyl (C=O) groups excluding carboxylic acids is 2. The number of rotatable bonds is 5. The van der Waals surface area contributed by atoms with Crippen LogP contribution in [0.1, 0.15) is 17.3 Å². The molecule has 20 heavy (non-hydrogen) atoms. The van der Waals surface area contributed by atoms with Gasteiger partial charge in [0.05, 0.1) is 29.9 Å². The molecule has 0 N–H and O–H groups in total.